The summed E-state index contributed by atoms with van der Waals surface area (Å²) in [5.74, 6) is -1.06. The second kappa shape index (κ2) is 10.4. The highest BCUT2D eigenvalue weighted by atomic mass is 19.4. The van der Waals surface area contributed by atoms with Crippen LogP contribution >= 0.6 is 0 Å². The van der Waals surface area contributed by atoms with Crippen LogP contribution in [0.25, 0.3) is 0 Å². The lowest BCUT2D eigenvalue weighted by Crippen LogP contribution is -2.57. The fraction of sp³-hybridized carbons (Fsp3) is 0.462. The number of piperazine rings is 1. The molecule has 2 aromatic rings. The normalized spacial score (nSPS) is 21.7. The molecule has 2 aliphatic rings. The molecule has 200 valence electrons. The molecule has 4 rings (SSSR count). The Kier molecular flexibility index (Phi) is 7.55. The molecule has 2 aliphatic heterocycles. The van der Waals surface area contributed by atoms with E-state index in [2.05, 4.69) is 4.90 Å². The molecular weight excluding hydrogens is 500 g/mol. The number of alkyl halides is 6. The van der Waals surface area contributed by atoms with E-state index in [4.69, 9.17) is 0 Å². The molecule has 5 nitrogen and oxygen atoms in total. The van der Waals surface area contributed by atoms with Crippen LogP contribution in [-0.4, -0.2) is 71.8 Å². The molecule has 2 amide bonds. The number of hydrogen-bond acceptors (Lipinski definition) is 3. The average molecular weight is 528 g/mol. The van der Waals surface area contributed by atoms with Gasteiger partial charge in [-0.05, 0) is 30.2 Å². The van der Waals surface area contributed by atoms with Gasteiger partial charge < -0.3 is 9.80 Å². The molecule has 0 saturated carbocycles. The molecule has 0 spiro atoms. The first-order valence-electron chi connectivity index (χ1n) is 12.0. The van der Waals surface area contributed by atoms with Crippen LogP contribution in [-0.2, 0) is 17.1 Å². The van der Waals surface area contributed by atoms with Gasteiger partial charge in [0.2, 0.25) is 5.91 Å². The van der Waals surface area contributed by atoms with Gasteiger partial charge in [0.25, 0.3) is 5.91 Å². The first-order valence-corrected chi connectivity index (χ1v) is 12.0. The van der Waals surface area contributed by atoms with Gasteiger partial charge in [-0.25, -0.2) is 0 Å². The summed E-state index contributed by atoms with van der Waals surface area (Å²) in [7, 11) is 0. The van der Waals surface area contributed by atoms with E-state index in [-0.39, 0.29) is 37.0 Å². The molecule has 0 N–H and O–H groups in total. The summed E-state index contributed by atoms with van der Waals surface area (Å²) in [6, 6.07) is 10.4. The fourth-order valence-electron chi connectivity index (χ4n) is 5.22. The number of likely N-dealkylation sites (tertiary alicyclic amines) is 1. The molecule has 2 unspecified atom stereocenters. The Balaban J connectivity index is 1.61. The second-order valence-electron chi connectivity index (χ2n) is 9.46. The number of nitrogens with zero attached hydrogens (tertiary/aromatic N) is 3. The van der Waals surface area contributed by atoms with Crippen LogP contribution in [0.2, 0.25) is 0 Å². The largest absolute Gasteiger partial charge is 0.416 e. The molecule has 2 atom stereocenters. The zero-order valence-corrected chi connectivity index (χ0v) is 20.1. The van der Waals surface area contributed by atoms with E-state index in [0.29, 0.717) is 44.7 Å². The first-order chi connectivity index (χ1) is 17.3. The van der Waals surface area contributed by atoms with Crippen LogP contribution in [0, 0.1) is 0 Å². The van der Waals surface area contributed by atoms with Gasteiger partial charge in [-0.3, -0.25) is 14.5 Å². The SMILES string of the molecule is CC(=O)N1CCN(C2CCN(C(=O)c3cc(C(F)(F)F)cc(C(F)(F)F)c3)CC2c2ccccc2)CC1. The topological polar surface area (TPSA) is 43.9 Å². The smallest absolute Gasteiger partial charge is 0.340 e. The summed E-state index contributed by atoms with van der Waals surface area (Å²) < 4.78 is 80.0. The van der Waals surface area contributed by atoms with Gasteiger partial charge in [0.05, 0.1) is 11.1 Å². The molecule has 0 aliphatic carbocycles. The molecule has 2 fully saturated rings. The van der Waals surface area contributed by atoms with Gasteiger partial charge >= 0.3 is 12.4 Å². The summed E-state index contributed by atoms with van der Waals surface area (Å²) in [4.78, 5) is 30.3. The number of benzene rings is 2. The maximum Gasteiger partial charge on any atom is 0.416 e. The van der Waals surface area contributed by atoms with E-state index in [1.807, 2.05) is 30.3 Å². The van der Waals surface area contributed by atoms with E-state index in [9.17, 15) is 35.9 Å². The van der Waals surface area contributed by atoms with Crippen molar-refractivity contribution in [2.24, 2.45) is 0 Å². The Morgan fingerprint density at radius 1 is 0.784 bits per heavy atom. The predicted molar refractivity (Wildman–Crippen MR) is 124 cm³/mol. The van der Waals surface area contributed by atoms with Crippen molar-refractivity contribution >= 4 is 11.8 Å². The molecule has 0 aromatic heterocycles. The van der Waals surface area contributed by atoms with Crippen molar-refractivity contribution in [2.45, 2.75) is 37.7 Å². The number of carbonyl (C=O) groups is 2. The first kappa shape index (κ1) is 27.0. The summed E-state index contributed by atoms with van der Waals surface area (Å²) in [5, 5.41) is 0. The molecule has 11 heteroatoms. The number of carbonyl (C=O) groups excluding carboxylic acids is 2. The average Bonchev–Trinajstić information content (AvgIpc) is 2.87. The zero-order chi connectivity index (χ0) is 27.0. The third kappa shape index (κ3) is 6.08. The lowest BCUT2D eigenvalue weighted by Gasteiger charge is -2.47. The van der Waals surface area contributed by atoms with Crippen molar-refractivity contribution in [3.8, 4) is 0 Å². The maximum absolute atomic E-state index is 13.3. The van der Waals surface area contributed by atoms with Gasteiger partial charge in [0.15, 0.2) is 0 Å². The van der Waals surface area contributed by atoms with Crippen molar-refractivity contribution < 1.29 is 35.9 Å². The van der Waals surface area contributed by atoms with Gasteiger partial charge in [-0.1, -0.05) is 30.3 Å². The van der Waals surface area contributed by atoms with Crippen molar-refractivity contribution in [1.29, 1.82) is 0 Å². The summed E-state index contributed by atoms with van der Waals surface area (Å²) in [6.45, 7) is 4.29. The Morgan fingerprint density at radius 2 is 1.35 bits per heavy atom. The quantitative estimate of drug-likeness (QED) is 0.535. The van der Waals surface area contributed by atoms with Crippen LogP contribution < -0.4 is 0 Å². The number of piperidine rings is 1. The third-order valence-corrected chi connectivity index (χ3v) is 7.15. The van der Waals surface area contributed by atoms with Crippen LogP contribution in [0.4, 0.5) is 26.3 Å². The summed E-state index contributed by atoms with van der Waals surface area (Å²) in [5.41, 5.74) is -2.73. The highest BCUT2D eigenvalue weighted by Gasteiger charge is 2.40. The monoisotopic (exact) mass is 527 g/mol. The fourth-order valence-corrected chi connectivity index (χ4v) is 5.22. The molecule has 2 saturated heterocycles. The standard InChI is InChI=1S/C26H27F6N3O2/c1-17(36)33-9-11-34(12-10-33)23-7-8-35(16-22(23)18-5-3-2-4-6-18)24(37)19-13-20(25(27,28)29)15-21(14-19)26(30,31)32/h2-6,13-15,22-23H,7-12,16H2,1H3. The highest BCUT2D eigenvalue weighted by Crippen LogP contribution is 2.37. The van der Waals surface area contributed by atoms with E-state index in [1.54, 1.807) is 4.90 Å². The Hall–Kier alpha value is -3.08. The number of rotatable bonds is 3. The van der Waals surface area contributed by atoms with Crippen molar-refractivity contribution in [3.05, 3.63) is 70.8 Å². The Labute approximate surface area is 210 Å². The number of halogens is 6. The van der Waals surface area contributed by atoms with Crippen LogP contribution in [0.5, 0.6) is 0 Å². The van der Waals surface area contributed by atoms with Crippen LogP contribution in [0.15, 0.2) is 48.5 Å². The minimum absolute atomic E-state index is 0.000936. The molecule has 37 heavy (non-hydrogen) atoms. The van der Waals surface area contributed by atoms with Gasteiger partial charge in [-0.15, -0.1) is 0 Å². The van der Waals surface area contributed by atoms with Gasteiger partial charge in [0.1, 0.15) is 0 Å². The maximum atomic E-state index is 13.3. The predicted octanol–water partition coefficient (Wildman–Crippen LogP) is 4.89. The van der Waals surface area contributed by atoms with Gasteiger partial charge in [-0.2, -0.15) is 26.3 Å². The van der Waals surface area contributed by atoms with Gasteiger partial charge in [0, 0.05) is 63.7 Å². The highest BCUT2D eigenvalue weighted by molar-refractivity contribution is 5.95. The number of amides is 2. The Bertz CT molecular complexity index is 1100. The molecule has 0 bridgehead atoms. The zero-order valence-electron chi connectivity index (χ0n) is 20.1. The van der Waals surface area contributed by atoms with E-state index in [0.717, 1.165) is 5.56 Å². The van der Waals surface area contributed by atoms with Crippen molar-refractivity contribution in [1.82, 2.24) is 14.7 Å². The van der Waals surface area contributed by atoms with Crippen LogP contribution in [0.1, 0.15) is 46.3 Å². The minimum Gasteiger partial charge on any atom is -0.340 e. The minimum atomic E-state index is -5.03. The third-order valence-electron chi connectivity index (χ3n) is 7.15. The lowest BCUT2D eigenvalue weighted by atomic mass is 9.84. The lowest BCUT2D eigenvalue weighted by molar-refractivity contribution is -0.143. The molecule has 0 radical (unpaired) electrons. The van der Waals surface area contributed by atoms with Crippen molar-refractivity contribution in [2.75, 3.05) is 39.3 Å². The van der Waals surface area contributed by atoms with E-state index >= 15 is 0 Å². The number of hydrogen-bond donors (Lipinski definition) is 0. The second-order valence-corrected chi connectivity index (χ2v) is 9.46. The van der Waals surface area contributed by atoms with Crippen LogP contribution in [0.3, 0.4) is 0 Å². The van der Waals surface area contributed by atoms with E-state index in [1.165, 1.54) is 11.8 Å². The van der Waals surface area contributed by atoms with Crippen molar-refractivity contribution in [3.63, 3.8) is 0 Å². The summed E-state index contributed by atoms with van der Waals surface area (Å²) in [6.07, 6.45) is -9.56. The van der Waals surface area contributed by atoms with E-state index < -0.39 is 35.0 Å². The molecular formula is C26H27F6N3O2. The Morgan fingerprint density at radius 3 is 1.86 bits per heavy atom. The molecule has 2 aromatic carbocycles. The molecule has 2 heterocycles. The summed E-state index contributed by atoms with van der Waals surface area (Å²) >= 11 is 0.